The fourth-order valence-electron chi connectivity index (χ4n) is 9.80. The molecule has 6 N–H and O–H groups in total. The summed E-state index contributed by atoms with van der Waals surface area (Å²) in [5, 5.41) is 35.9. The number of hydrogen-bond donors (Lipinski definition) is 6. The molecule has 1 unspecified atom stereocenters. The highest BCUT2D eigenvalue weighted by atomic mass is 35.5. The van der Waals surface area contributed by atoms with Crippen molar-refractivity contribution in [3.05, 3.63) is 100 Å². The Balaban J connectivity index is 0.875. The van der Waals surface area contributed by atoms with Crippen molar-refractivity contribution in [2.24, 2.45) is 16.2 Å². The third-order valence-electron chi connectivity index (χ3n) is 13.2. The highest BCUT2D eigenvalue weighted by Crippen LogP contribution is 2.55. The molecule has 3 aromatic carbocycles. The fourth-order valence-corrected chi connectivity index (χ4v) is 10.0. The van der Waals surface area contributed by atoms with E-state index in [-0.39, 0.29) is 60.9 Å². The molecule has 67 heavy (non-hydrogen) atoms. The first-order valence-electron chi connectivity index (χ1n) is 23.4. The monoisotopic (exact) mass is 937 g/mol. The van der Waals surface area contributed by atoms with E-state index in [1.807, 2.05) is 45.0 Å². The zero-order chi connectivity index (χ0) is 48.5. The second kappa shape index (κ2) is 22.1. The minimum atomic E-state index is -0.937. The number of ether oxygens (including phenoxy) is 2. The summed E-state index contributed by atoms with van der Waals surface area (Å²) in [7, 11) is 0. The second-order valence-electron chi connectivity index (χ2n) is 20.3. The number of aliphatic hydroxyl groups excluding tert-OH is 1. The van der Waals surface area contributed by atoms with Crippen LogP contribution in [-0.4, -0.2) is 103 Å². The number of unbranched alkanes of at least 4 members (excludes halogenated alkanes) is 2. The minimum absolute atomic E-state index is 0.00178. The van der Waals surface area contributed by atoms with Crippen molar-refractivity contribution < 1.29 is 33.8 Å². The fraction of sp³-hybridized carbons (Fsp3) is 0.519. The lowest BCUT2D eigenvalue weighted by Crippen LogP contribution is -2.74. The lowest BCUT2D eigenvalue weighted by molar-refractivity contribution is -0.164. The molecule has 3 aromatic rings. The molecule has 0 radical (unpaired) electrons. The van der Waals surface area contributed by atoms with E-state index in [2.05, 4.69) is 78.6 Å². The molecule has 3 atom stereocenters. The topological polar surface area (TPSA) is 194 Å². The average molecular weight is 939 g/mol. The molecule has 14 nitrogen and oxygen atoms in total. The number of carbonyl (C=O) groups is 4. The Hall–Kier alpha value is -5.46. The van der Waals surface area contributed by atoms with Gasteiger partial charge >= 0.3 is 0 Å². The molecule has 0 aromatic heterocycles. The molecule has 2 fully saturated rings. The zero-order valence-corrected chi connectivity index (χ0v) is 40.7. The van der Waals surface area contributed by atoms with Crippen molar-refractivity contribution in [1.82, 2.24) is 26.2 Å². The van der Waals surface area contributed by atoms with Crippen molar-refractivity contribution in [1.29, 1.82) is 5.26 Å². The predicted octanol–water partition coefficient (Wildman–Crippen LogP) is 6.61. The van der Waals surface area contributed by atoms with E-state index >= 15 is 0 Å². The average Bonchev–Trinajstić information content (AvgIpc) is 3.70. The van der Waals surface area contributed by atoms with Gasteiger partial charge in [-0.15, -0.1) is 0 Å². The number of amides is 4. The van der Waals surface area contributed by atoms with Gasteiger partial charge in [0.15, 0.2) is 0 Å². The smallest absolute Gasteiger partial charge is 0.251 e. The van der Waals surface area contributed by atoms with Crippen LogP contribution in [0.3, 0.4) is 0 Å². The number of aliphatic hydroxyl groups is 1. The van der Waals surface area contributed by atoms with Gasteiger partial charge in [0.2, 0.25) is 17.7 Å². The van der Waals surface area contributed by atoms with Crippen molar-refractivity contribution in [2.75, 3.05) is 44.7 Å². The van der Waals surface area contributed by atoms with Gasteiger partial charge in [-0.3, -0.25) is 19.2 Å². The number of nitriles is 1. The molecule has 2 heterocycles. The van der Waals surface area contributed by atoms with Crippen molar-refractivity contribution in [2.45, 2.75) is 117 Å². The Labute approximate surface area is 400 Å². The summed E-state index contributed by atoms with van der Waals surface area (Å²) < 4.78 is 12.0. The molecule has 0 spiro atoms. The van der Waals surface area contributed by atoms with E-state index in [4.69, 9.17) is 21.1 Å². The normalized spacial score (nSPS) is 21.2. The van der Waals surface area contributed by atoms with Gasteiger partial charge in [0.05, 0.1) is 16.7 Å². The first kappa shape index (κ1) is 50.9. The molecule has 0 bridgehead atoms. The van der Waals surface area contributed by atoms with Crippen LogP contribution in [0.1, 0.15) is 108 Å². The number of anilines is 1. The van der Waals surface area contributed by atoms with Gasteiger partial charge < -0.3 is 46.1 Å². The third-order valence-corrected chi connectivity index (χ3v) is 13.6. The van der Waals surface area contributed by atoms with Gasteiger partial charge in [-0.05, 0) is 90.7 Å². The molecule has 1 saturated heterocycles. The summed E-state index contributed by atoms with van der Waals surface area (Å²) in [5.74, 6) is -0.778. The number of benzene rings is 3. The second-order valence-corrected chi connectivity index (χ2v) is 20.7. The Kier molecular flexibility index (Phi) is 16.8. The van der Waals surface area contributed by atoms with Crippen LogP contribution in [0.4, 0.5) is 5.69 Å². The summed E-state index contributed by atoms with van der Waals surface area (Å²) in [6.07, 6.45) is 4.67. The molecule has 6 rings (SSSR count). The number of hydrogen-bond acceptors (Lipinski definition) is 10. The molecule has 3 aliphatic rings. The predicted molar refractivity (Wildman–Crippen MR) is 260 cm³/mol. The molecular formula is C52H68ClN7O7. The SMILES string of the molecule is CC(C)(C)C(NC(=O)COCCCCCNc1ccc(C(=O)NC2C(C)(C)C(Oc3ccc(C#N)c(Cl)c3)C2(C)C)cc1)C(=O)N1C[C@H](O)C[C@H]1C(=O)NCc1ccc(C2=CCNCC2)cc1. The van der Waals surface area contributed by atoms with Crippen LogP contribution in [0.5, 0.6) is 5.75 Å². The van der Waals surface area contributed by atoms with E-state index in [1.165, 1.54) is 10.5 Å². The maximum atomic E-state index is 14.0. The minimum Gasteiger partial charge on any atom is -0.489 e. The van der Waals surface area contributed by atoms with Gasteiger partial charge in [0, 0.05) is 73.4 Å². The maximum absolute atomic E-state index is 14.0. The van der Waals surface area contributed by atoms with Gasteiger partial charge in [-0.1, -0.05) is 90.4 Å². The molecule has 2 aliphatic heterocycles. The van der Waals surface area contributed by atoms with Gasteiger partial charge in [-0.25, -0.2) is 0 Å². The highest BCUT2D eigenvalue weighted by molar-refractivity contribution is 6.31. The first-order chi connectivity index (χ1) is 31.8. The molecule has 15 heteroatoms. The van der Waals surface area contributed by atoms with Crippen LogP contribution in [0.25, 0.3) is 5.57 Å². The number of rotatable bonds is 19. The molecule has 360 valence electrons. The number of β-amino-alcohol motifs (C(OH)–C–C–N with tert-alkyl or cyclic N) is 1. The number of halogens is 1. The van der Waals surface area contributed by atoms with E-state index in [9.17, 15) is 29.5 Å². The van der Waals surface area contributed by atoms with E-state index in [0.29, 0.717) is 35.1 Å². The summed E-state index contributed by atoms with van der Waals surface area (Å²) in [6, 6.07) is 20.6. The Morgan fingerprint density at radius 3 is 2.34 bits per heavy atom. The number of nitrogens with one attached hydrogen (secondary N) is 5. The van der Waals surface area contributed by atoms with Crippen LogP contribution in [0, 0.1) is 27.6 Å². The van der Waals surface area contributed by atoms with Crippen LogP contribution in [0.2, 0.25) is 5.02 Å². The number of carbonyl (C=O) groups excluding carboxylic acids is 4. The quantitative estimate of drug-likeness (QED) is 0.0713. The van der Waals surface area contributed by atoms with Crippen molar-refractivity contribution in [3.8, 4) is 11.8 Å². The van der Waals surface area contributed by atoms with Crippen LogP contribution in [-0.2, 0) is 25.7 Å². The Bertz CT molecular complexity index is 2290. The summed E-state index contributed by atoms with van der Waals surface area (Å²) in [5.41, 5.74) is 3.81. The molecule has 4 amide bonds. The van der Waals surface area contributed by atoms with Crippen LogP contribution >= 0.6 is 11.6 Å². The molecule has 1 saturated carbocycles. The van der Waals surface area contributed by atoms with Gasteiger partial charge in [0.25, 0.3) is 5.91 Å². The summed E-state index contributed by atoms with van der Waals surface area (Å²) >= 11 is 6.24. The lowest BCUT2D eigenvalue weighted by atomic mass is 9.49. The standard InChI is InChI=1S/C52H68ClN7O7/c1-50(2,3)44(47(65)60-31-39(61)27-42(60)46(64)57-30-33-11-13-34(14-12-33)35-21-24-55-25-22-35)58-43(62)32-66-26-10-8-9-23-56-38-18-15-36(16-19-38)45(63)59-48-51(4,5)49(52(48,6)7)67-40-20-17-37(29-54)41(53)28-40/h11-21,28,39,42,44,48-49,55-56,61H,8-10,22-27,30-32H2,1-7H3,(H,57,64)(H,58,62)(H,59,63)/t39-,42+,44?,48?,49?/m1/s1. The van der Waals surface area contributed by atoms with Gasteiger partial charge in [0.1, 0.15) is 36.6 Å². The lowest BCUT2D eigenvalue weighted by Gasteiger charge is -2.63. The van der Waals surface area contributed by atoms with Gasteiger partial charge in [-0.2, -0.15) is 5.26 Å². The molecular weight excluding hydrogens is 870 g/mol. The van der Waals surface area contributed by atoms with E-state index in [0.717, 1.165) is 55.6 Å². The summed E-state index contributed by atoms with van der Waals surface area (Å²) in [6.45, 7) is 16.8. The van der Waals surface area contributed by atoms with Crippen molar-refractivity contribution >= 4 is 46.5 Å². The Morgan fingerprint density at radius 2 is 1.70 bits per heavy atom. The summed E-state index contributed by atoms with van der Waals surface area (Å²) in [4.78, 5) is 55.3. The van der Waals surface area contributed by atoms with Crippen molar-refractivity contribution in [3.63, 3.8) is 0 Å². The van der Waals surface area contributed by atoms with E-state index in [1.54, 1.807) is 30.3 Å². The third kappa shape index (κ3) is 12.8. The largest absolute Gasteiger partial charge is 0.489 e. The first-order valence-corrected chi connectivity index (χ1v) is 23.8. The number of nitrogens with zero attached hydrogens (tertiary/aromatic N) is 2. The zero-order valence-electron chi connectivity index (χ0n) is 40.0. The Morgan fingerprint density at radius 1 is 0.985 bits per heavy atom. The number of likely N-dealkylation sites (tertiary alicyclic amines) is 1. The van der Waals surface area contributed by atoms with Crippen LogP contribution in [0.15, 0.2) is 72.8 Å². The van der Waals surface area contributed by atoms with E-state index < -0.39 is 35.4 Å². The van der Waals surface area contributed by atoms with Crippen LogP contribution < -0.4 is 31.3 Å². The maximum Gasteiger partial charge on any atom is 0.251 e. The highest BCUT2D eigenvalue weighted by Gasteiger charge is 2.64. The molecule has 1 aliphatic carbocycles.